The van der Waals surface area contributed by atoms with Gasteiger partial charge in [0.25, 0.3) is 5.91 Å². The lowest BCUT2D eigenvalue weighted by atomic mass is 10.1. The molecule has 0 saturated carbocycles. The third-order valence-corrected chi connectivity index (χ3v) is 5.08. The summed E-state index contributed by atoms with van der Waals surface area (Å²) in [6, 6.07) is 10.1. The van der Waals surface area contributed by atoms with Crippen molar-refractivity contribution in [2.75, 3.05) is 16.3 Å². The van der Waals surface area contributed by atoms with Gasteiger partial charge in [0, 0.05) is 10.2 Å². The van der Waals surface area contributed by atoms with Crippen molar-refractivity contribution in [1.29, 1.82) is 0 Å². The lowest BCUT2D eigenvalue weighted by Crippen LogP contribution is -2.12. The van der Waals surface area contributed by atoms with Crippen LogP contribution in [0.25, 0.3) is 11.1 Å². The molecule has 3 rings (SSSR count). The van der Waals surface area contributed by atoms with E-state index in [1.54, 1.807) is 6.07 Å². The van der Waals surface area contributed by atoms with E-state index in [2.05, 4.69) is 26.0 Å². The van der Waals surface area contributed by atoms with Crippen molar-refractivity contribution in [3.05, 3.63) is 69.3 Å². The highest BCUT2D eigenvalue weighted by Crippen LogP contribution is 2.28. The summed E-state index contributed by atoms with van der Waals surface area (Å²) in [4.78, 5) is 13.1. The zero-order chi connectivity index (χ0) is 21.3. The van der Waals surface area contributed by atoms with Gasteiger partial charge >= 0.3 is 0 Å². The molecule has 0 aliphatic carbocycles. The summed E-state index contributed by atoms with van der Waals surface area (Å²) in [7, 11) is -3.76. The van der Waals surface area contributed by atoms with Gasteiger partial charge in [-0.3, -0.25) is 9.52 Å². The van der Waals surface area contributed by atoms with Crippen molar-refractivity contribution in [1.82, 2.24) is 0 Å². The van der Waals surface area contributed by atoms with Gasteiger partial charge in [0.05, 0.1) is 20.9 Å². The van der Waals surface area contributed by atoms with Gasteiger partial charge in [0.15, 0.2) is 0 Å². The molecule has 0 saturated heterocycles. The fourth-order valence-electron chi connectivity index (χ4n) is 2.15. The number of carbonyl (C=O) groups is 1. The molecule has 1 heterocycles. The first kappa shape index (κ1) is 15.0. The predicted octanol–water partition coefficient (Wildman–Crippen LogP) is 4.80. The van der Waals surface area contributed by atoms with Crippen LogP contribution in [0.1, 0.15) is 13.8 Å². The van der Waals surface area contributed by atoms with Gasteiger partial charge in [-0.1, -0.05) is 46.3 Å². The average molecular weight is 454 g/mol. The molecule has 2 aromatic carbocycles. The van der Waals surface area contributed by atoms with E-state index in [0.717, 1.165) is 17.4 Å². The summed E-state index contributed by atoms with van der Waals surface area (Å²) in [5.41, 5.74) is 1.30. The average Bonchev–Trinajstić information content (AvgIpc) is 3.17. The molecule has 26 heavy (non-hydrogen) atoms. The Hall–Kier alpha value is -2.16. The molecule has 0 bridgehead atoms. The topological polar surface area (TPSA) is 75.3 Å². The first-order valence-electron chi connectivity index (χ1n) is 8.81. The number of thiophene rings is 1. The number of amides is 1. The maximum absolute atomic E-state index is 12.7. The summed E-state index contributed by atoms with van der Waals surface area (Å²) < 4.78 is 49.5. The SMILES string of the molecule is [2H]c1c(Br)c([2H])c(NS(C)(=O)=O)c([2H])c1NC(=O)c1cc(-c2ccccc2)cs1. The molecule has 0 unspecified atom stereocenters. The van der Waals surface area contributed by atoms with Gasteiger partial charge in [0.2, 0.25) is 10.0 Å². The van der Waals surface area contributed by atoms with Crippen molar-refractivity contribution in [3.63, 3.8) is 0 Å². The van der Waals surface area contributed by atoms with Gasteiger partial charge < -0.3 is 5.32 Å². The second kappa shape index (κ2) is 7.61. The van der Waals surface area contributed by atoms with Gasteiger partial charge in [-0.05, 0) is 40.7 Å². The fourth-order valence-corrected chi connectivity index (χ4v) is 3.83. The second-order valence-corrected chi connectivity index (χ2v) is 8.79. The van der Waals surface area contributed by atoms with Gasteiger partial charge in [0.1, 0.15) is 0 Å². The molecule has 1 aromatic heterocycles. The molecule has 5 nitrogen and oxygen atoms in total. The minimum Gasteiger partial charge on any atom is -0.321 e. The molecule has 8 heteroatoms. The molecule has 0 aliphatic rings. The van der Waals surface area contributed by atoms with E-state index in [-0.39, 0.29) is 27.9 Å². The van der Waals surface area contributed by atoms with Crippen molar-refractivity contribution < 1.29 is 17.3 Å². The minimum absolute atomic E-state index is 0.0360. The van der Waals surface area contributed by atoms with Crippen LogP contribution in [0.3, 0.4) is 0 Å². The molecule has 0 atom stereocenters. The van der Waals surface area contributed by atoms with Crippen molar-refractivity contribution in [3.8, 4) is 11.1 Å². The van der Waals surface area contributed by atoms with Crippen LogP contribution in [0.5, 0.6) is 0 Å². The number of sulfonamides is 1. The van der Waals surface area contributed by atoms with E-state index in [1.165, 1.54) is 11.3 Å². The number of halogens is 1. The van der Waals surface area contributed by atoms with E-state index in [0.29, 0.717) is 4.88 Å². The Morgan fingerprint density at radius 1 is 1.12 bits per heavy atom. The summed E-state index contributed by atoms with van der Waals surface area (Å²) in [5.74, 6) is -0.533. The summed E-state index contributed by atoms with van der Waals surface area (Å²) in [6.45, 7) is 0. The Morgan fingerprint density at radius 3 is 2.50 bits per heavy atom. The number of benzene rings is 2. The maximum atomic E-state index is 12.7. The summed E-state index contributed by atoms with van der Waals surface area (Å²) in [6.07, 6.45) is 0.892. The van der Waals surface area contributed by atoms with Crippen LogP contribution in [-0.2, 0) is 10.0 Å². The van der Waals surface area contributed by atoms with Crippen LogP contribution < -0.4 is 10.0 Å². The smallest absolute Gasteiger partial charge is 0.265 e. The lowest BCUT2D eigenvalue weighted by molar-refractivity contribution is 0.103. The molecular weight excluding hydrogens is 436 g/mol. The third kappa shape index (κ3) is 4.94. The van der Waals surface area contributed by atoms with Crippen LogP contribution in [0.4, 0.5) is 11.4 Å². The van der Waals surface area contributed by atoms with E-state index < -0.39 is 22.0 Å². The Labute approximate surface area is 168 Å². The number of hydrogen-bond acceptors (Lipinski definition) is 4. The van der Waals surface area contributed by atoms with E-state index >= 15 is 0 Å². The monoisotopic (exact) mass is 453 g/mol. The zero-order valence-corrected chi connectivity index (χ0v) is 16.7. The molecule has 0 spiro atoms. The minimum atomic E-state index is -3.76. The Bertz CT molecular complexity index is 1200. The maximum Gasteiger partial charge on any atom is 0.265 e. The lowest BCUT2D eigenvalue weighted by Gasteiger charge is -2.09. The molecule has 0 aliphatic heterocycles. The molecule has 1 amide bonds. The van der Waals surface area contributed by atoms with Gasteiger partial charge in [-0.15, -0.1) is 11.3 Å². The van der Waals surface area contributed by atoms with E-state index in [4.69, 9.17) is 4.11 Å². The highest BCUT2D eigenvalue weighted by Gasteiger charge is 2.12. The molecule has 0 radical (unpaired) electrons. The molecule has 3 aromatic rings. The van der Waals surface area contributed by atoms with Crippen molar-refractivity contribution in [2.45, 2.75) is 0 Å². The normalized spacial score (nSPS) is 12.8. The number of anilines is 2. The summed E-state index contributed by atoms with van der Waals surface area (Å²) >= 11 is 4.27. The first-order chi connectivity index (χ1) is 13.6. The fraction of sp³-hybridized carbons (Fsp3) is 0.0556. The largest absolute Gasteiger partial charge is 0.321 e. The Balaban J connectivity index is 1.96. The highest BCUT2D eigenvalue weighted by molar-refractivity contribution is 9.10. The van der Waals surface area contributed by atoms with Gasteiger partial charge in [-0.25, -0.2) is 8.42 Å². The molecular formula is C18H15BrN2O3S2. The summed E-state index contributed by atoms with van der Waals surface area (Å²) in [5, 5.41) is 4.33. The van der Waals surface area contributed by atoms with Crippen molar-refractivity contribution >= 4 is 54.6 Å². The quantitative estimate of drug-likeness (QED) is 0.582. The number of nitrogens with one attached hydrogen (secondary N) is 2. The Kier molecular flexibility index (Phi) is 4.38. The van der Waals surface area contributed by atoms with Crippen LogP contribution in [0.15, 0.2) is 64.4 Å². The zero-order valence-electron chi connectivity index (χ0n) is 16.5. The van der Waals surface area contributed by atoms with Crippen LogP contribution in [-0.4, -0.2) is 20.6 Å². The predicted molar refractivity (Wildman–Crippen MR) is 110 cm³/mol. The van der Waals surface area contributed by atoms with Crippen molar-refractivity contribution in [2.24, 2.45) is 0 Å². The van der Waals surface area contributed by atoms with E-state index in [1.807, 2.05) is 35.7 Å². The second-order valence-electron chi connectivity index (χ2n) is 5.33. The van der Waals surface area contributed by atoms with Crippen LogP contribution in [0, 0.1) is 0 Å². The molecule has 0 fully saturated rings. The van der Waals surface area contributed by atoms with E-state index in [9.17, 15) is 13.2 Å². The Morgan fingerprint density at radius 2 is 1.81 bits per heavy atom. The number of hydrogen-bond donors (Lipinski definition) is 2. The first-order valence-corrected chi connectivity index (χ1v) is 10.9. The third-order valence-electron chi connectivity index (χ3n) is 3.18. The van der Waals surface area contributed by atoms with Crippen LogP contribution in [0.2, 0.25) is 0 Å². The molecule has 2 N–H and O–H groups in total. The van der Waals surface area contributed by atoms with Crippen LogP contribution >= 0.6 is 27.3 Å². The highest BCUT2D eigenvalue weighted by atomic mass is 79.9. The number of rotatable bonds is 5. The number of carbonyl (C=O) groups excluding carboxylic acids is 1. The molecule has 134 valence electrons. The standard InChI is InChI=1S/C18H15BrN2O3S2/c1-26(23,24)21-16-9-14(19)8-15(10-16)20-18(22)17-7-13(11-25-17)12-5-3-2-4-6-12/h2-11,21H,1H3,(H,20,22)/i8D,9D,10D. The van der Waals surface area contributed by atoms with Gasteiger partial charge in [-0.2, -0.15) is 0 Å².